The third-order valence-electron chi connectivity index (χ3n) is 6.93. The maximum Gasteiger partial charge on any atom is 0.327 e. The molecule has 1 aromatic carbocycles. The molecule has 0 bridgehead atoms. The molecule has 0 spiro atoms. The molecule has 1 saturated heterocycles. The molecule has 0 aliphatic carbocycles. The molecular weight excluding hydrogens is 464 g/mol. The number of nitrogens with zero attached hydrogens (tertiary/aromatic N) is 7. The van der Waals surface area contributed by atoms with Crippen LogP contribution in [0.25, 0.3) is 11.2 Å². The van der Waals surface area contributed by atoms with Crippen molar-refractivity contribution in [2.24, 2.45) is 0 Å². The number of hydrogen-bond acceptors (Lipinski definition) is 8. The Balaban J connectivity index is 1.18. The molecule has 0 radical (unpaired) electrons. The van der Waals surface area contributed by atoms with E-state index in [2.05, 4.69) is 24.8 Å². The number of carbonyl (C=O) groups is 1. The Hall–Kier alpha value is -4.61. The molecule has 2 aliphatic heterocycles. The van der Waals surface area contributed by atoms with E-state index in [1.807, 2.05) is 12.1 Å². The maximum atomic E-state index is 13.3. The van der Waals surface area contributed by atoms with Gasteiger partial charge >= 0.3 is 5.69 Å². The van der Waals surface area contributed by atoms with Crippen molar-refractivity contribution in [2.45, 2.75) is 25.3 Å². The lowest BCUT2D eigenvalue weighted by Gasteiger charge is -2.33. The van der Waals surface area contributed by atoms with Crippen LogP contribution in [0.1, 0.15) is 34.9 Å². The number of pyridine rings is 1. The number of piperidine rings is 1. The van der Waals surface area contributed by atoms with Crippen molar-refractivity contribution in [1.29, 1.82) is 0 Å². The van der Waals surface area contributed by atoms with Crippen LogP contribution in [-0.2, 0) is 6.42 Å². The van der Waals surface area contributed by atoms with Gasteiger partial charge in [-0.15, -0.1) is 0 Å². The highest BCUT2D eigenvalue weighted by molar-refractivity contribution is 6.06. The largest absolute Gasteiger partial charge is 0.356 e. The van der Waals surface area contributed by atoms with E-state index in [0.29, 0.717) is 43.2 Å². The quantitative estimate of drug-likeness (QED) is 0.342. The number of aromatic amines is 1. The summed E-state index contributed by atoms with van der Waals surface area (Å²) in [5, 5.41) is 11.1. The number of amides is 1. The second-order valence-electron chi connectivity index (χ2n) is 8.93. The fourth-order valence-corrected chi connectivity index (χ4v) is 5.16. The number of non-ortho nitro benzene ring substituents is 1. The van der Waals surface area contributed by atoms with Crippen LogP contribution in [0.3, 0.4) is 0 Å². The van der Waals surface area contributed by atoms with E-state index >= 15 is 0 Å². The number of hydrogen-bond donors (Lipinski definition) is 1. The fourth-order valence-electron chi connectivity index (χ4n) is 5.16. The van der Waals surface area contributed by atoms with E-state index in [0.717, 1.165) is 23.9 Å². The minimum atomic E-state index is -0.434. The number of imidazole rings is 1. The van der Waals surface area contributed by atoms with Crippen molar-refractivity contribution >= 4 is 34.3 Å². The van der Waals surface area contributed by atoms with Crippen molar-refractivity contribution in [2.75, 3.05) is 29.4 Å². The molecule has 4 aromatic rings. The van der Waals surface area contributed by atoms with E-state index in [1.165, 1.54) is 18.5 Å². The van der Waals surface area contributed by atoms with Crippen molar-refractivity contribution in [1.82, 2.24) is 24.5 Å². The zero-order chi connectivity index (χ0) is 24.8. The molecular formula is C24H22N8O4. The number of carbonyl (C=O) groups excluding carboxylic acids is 1. The number of fused-ring (bicyclic) bond motifs is 2. The number of nitro benzene ring substituents is 1. The van der Waals surface area contributed by atoms with Gasteiger partial charge in [0.05, 0.1) is 10.4 Å². The van der Waals surface area contributed by atoms with Crippen molar-refractivity contribution in [3.8, 4) is 0 Å². The molecule has 182 valence electrons. The van der Waals surface area contributed by atoms with Crippen LogP contribution < -0.4 is 15.5 Å². The predicted molar refractivity (Wildman–Crippen MR) is 131 cm³/mol. The third-order valence-corrected chi connectivity index (χ3v) is 6.93. The average Bonchev–Trinajstić information content (AvgIpc) is 3.48. The molecule has 12 nitrogen and oxygen atoms in total. The number of nitrogens with one attached hydrogen (secondary N) is 1. The smallest absolute Gasteiger partial charge is 0.327 e. The van der Waals surface area contributed by atoms with Gasteiger partial charge in [0.2, 0.25) is 0 Å². The first-order chi connectivity index (χ1) is 17.5. The van der Waals surface area contributed by atoms with Gasteiger partial charge in [-0.3, -0.25) is 24.5 Å². The highest BCUT2D eigenvalue weighted by Crippen LogP contribution is 2.33. The number of H-pyrrole nitrogens is 1. The molecule has 36 heavy (non-hydrogen) atoms. The second-order valence-corrected chi connectivity index (χ2v) is 8.93. The fraction of sp³-hybridized carbons (Fsp3) is 0.292. The summed E-state index contributed by atoms with van der Waals surface area (Å²) in [6.45, 7) is 1.78. The average molecular weight is 486 g/mol. The Kier molecular flexibility index (Phi) is 5.20. The van der Waals surface area contributed by atoms with Crippen LogP contribution in [0.5, 0.6) is 0 Å². The molecule has 12 heteroatoms. The van der Waals surface area contributed by atoms with Gasteiger partial charge in [0.1, 0.15) is 17.8 Å². The molecule has 1 N–H and O–H groups in total. The van der Waals surface area contributed by atoms with Gasteiger partial charge in [0, 0.05) is 55.8 Å². The lowest BCUT2D eigenvalue weighted by atomic mass is 10.0. The van der Waals surface area contributed by atoms with Crippen LogP contribution in [0.15, 0.2) is 53.7 Å². The van der Waals surface area contributed by atoms with E-state index in [4.69, 9.17) is 0 Å². The minimum absolute atomic E-state index is 0.0157. The third kappa shape index (κ3) is 3.67. The summed E-state index contributed by atoms with van der Waals surface area (Å²) in [7, 11) is 0. The van der Waals surface area contributed by atoms with Gasteiger partial charge in [-0.1, -0.05) is 0 Å². The summed E-state index contributed by atoms with van der Waals surface area (Å²) in [5.74, 6) is 0.391. The molecule has 0 saturated carbocycles. The van der Waals surface area contributed by atoms with Crippen molar-refractivity contribution in [3.05, 3.63) is 80.8 Å². The van der Waals surface area contributed by atoms with Gasteiger partial charge in [-0.05, 0) is 43.0 Å². The van der Waals surface area contributed by atoms with Crippen LogP contribution in [0, 0.1) is 10.1 Å². The van der Waals surface area contributed by atoms with Gasteiger partial charge < -0.3 is 9.80 Å². The summed E-state index contributed by atoms with van der Waals surface area (Å²) in [4.78, 5) is 55.8. The number of rotatable bonds is 4. The lowest BCUT2D eigenvalue weighted by molar-refractivity contribution is -0.384. The van der Waals surface area contributed by atoms with Crippen LogP contribution >= 0.6 is 0 Å². The van der Waals surface area contributed by atoms with Crippen LogP contribution in [-0.4, -0.2) is 55.0 Å². The summed E-state index contributed by atoms with van der Waals surface area (Å²) in [5.41, 5.74) is 2.96. The Morgan fingerprint density at radius 3 is 2.72 bits per heavy atom. The summed E-state index contributed by atoms with van der Waals surface area (Å²) < 4.78 is 1.78. The molecule has 1 fully saturated rings. The zero-order valence-electron chi connectivity index (χ0n) is 19.2. The topological polar surface area (TPSA) is 143 Å². The van der Waals surface area contributed by atoms with Gasteiger partial charge in [-0.2, -0.15) is 0 Å². The second kappa shape index (κ2) is 8.56. The summed E-state index contributed by atoms with van der Waals surface area (Å²) >= 11 is 0. The normalized spacial score (nSPS) is 15.9. The first-order valence-electron chi connectivity index (χ1n) is 11.7. The van der Waals surface area contributed by atoms with E-state index in [9.17, 15) is 19.7 Å². The number of anilines is 2. The summed E-state index contributed by atoms with van der Waals surface area (Å²) in [6, 6.07) is 9.99. The van der Waals surface area contributed by atoms with Crippen molar-refractivity contribution in [3.63, 3.8) is 0 Å². The highest BCUT2D eigenvalue weighted by Gasteiger charge is 2.29. The lowest BCUT2D eigenvalue weighted by Crippen LogP contribution is -2.37. The predicted octanol–water partition coefficient (Wildman–Crippen LogP) is 2.47. The molecule has 5 heterocycles. The van der Waals surface area contributed by atoms with Crippen molar-refractivity contribution < 1.29 is 9.72 Å². The number of benzene rings is 1. The van der Waals surface area contributed by atoms with Crippen LogP contribution in [0.2, 0.25) is 0 Å². The van der Waals surface area contributed by atoms with Gasteiger partial charge in [0.25, 0.3) is 11.6 Å². The van der Waals surface area contributed by atoms with E-state index in [-0.39, 0.29) is 29.0 Å². The van der Waals surface area contributed by atoms with E-state index in [1.54, 1.807) is 27.8 Å². The molecule has 2 aliphatic rings. The Morgan fingerprint density at radius 1 is 1.08 bits per heavy atom. The molecule has 0 unspecified atom stereocenters. The monoisotopic (exact) mass is 486 g/mol. The van der Waals surface area contributed by atoms with Crippen LogP contribution in [0.4, 0.5) is 17.2 Å². The van der Waals surface area contributed by atoms with E-state index < -0.39 is 4.92 Å². The molecule has 0 atom stereocenters. The SMILES string of the molecule is O=C(c1cc(N2CCC(n3c(=O)[nH]c4ncccc43)CC2)ncn1)N1CCc2cc([N+](=O)[O-])ccc21. The maximum absolute atomic E-state index is 13.3. The first kappa shape index (κ1) is 21.9. The Morgan fingerprint density at radius 2 is 1.92 bits per heavy atom. The zero-order valence-corrected chi connectivity index (χ0v) is 19.2. The Labute approximate surface area is 204 Å². The standard InChI is InChI=1S/C24H22N8O4/c33-23(30-11-5-15-12-17(32(35)36)3-4-19(15)30)18-13-21(27-14-26-18)29-9-6-16(7-10-29)31-20-2-1-8-25-22(20)28-24(31)34/h1-4,8,12-14,16H,5-7,9-11H2,(H,25,28,34). The number of aromatic nitrogens is 5. The van der Waals surface area contributed by atoms with Gasteiger partial charge in [0.15, 0.2) is 5.65 Å². The van der Waals surface area contributed by atoms with Gasteiger partial charge in [-0.25, -0.2) is 19.7 Å². The minimum Gasteiger partial charge on any atom is -0.356 e. The Bertz CT molecular complexity index is 1550. The molecule has 6 rings (SSSR count). The molecule has 1 amide bonds. The summed E-state index contributed by atoms with van der Waals surface area (Å²) in [6.07, 6.45) is 5.08. The molecule has 3 aromatic heterocycles. The first-order valence-corrected chi connectivity index (χ1v) is 11.7. The highest BCUT2D eigenvalue weighted by atomic mass is 16.6. The number of nitro groups is 1.